The fraction of sp³-hybridized carbons (Fsp3) is 0.450. The summed E-state index contributed by atoms with van der Waals surface area (Å²) in [5.74, 6) is 1.54. The summed E-state index contributed by atoms with van der Waals surface area (Å²) in [6.07, 6.45) is 0.636. The van der Waals surface area contributed by atoms with Crippen LogP contribution in [0.5, 0.6) is 0 Å². The normalized spacial score (nSPS) is 19.5. The zero-order chi connectivity index (χ0) is 20.6. The predicted octanol–water partition coefficient (Wildman–Crippen LogP) is 1.12. The Morgan fingerprint density at radius 1 is 1.17 bits per heavy atom. The van der Waals surface area contributed by atoms with Crippen molar-refractivity contribution in [2.75, 3.05) is 18.6 Å². The first-order valence-electron chi connectivity index (χ1n) is 9.76. The second-order valence-electron chi connectivity index (χ2n) is 7.83. The molecule has 1 fully saturated rings. The molecule has 0 radical (unpaired) electrons. The molecule has 2 aromatic heterocycles. The van der Waals surface area contributed by atoms with Crippen LogP contribution in [0.15, 0.2) is 34.7 Å². The van der Waals surface area contributed by atoms with Crippen molar-refractivity contribution in [3.63, 3.8) is 0 Å². The van der Waals surface area contributed by atoms with Gasteiger partial charge in [0.15, 0.2) is 16.4 Å². The second kappa shape index (κ2) is 7.72. The number of sulfone groups is 1. The Morgan fingerprint density at radius 3 is 2.62 bits per heavy atom. The molecule has 29 heavy (non-hydrogen) atoms. The van der Waals surface area contributed by atoms with E-state index in [1.807, 2.05) is 48.9 Å². The molecule has 1 aromatic carbocycles. The lowest BCUT2D eigenvalue weighted by Gasteiger charge is -2.14. The first kappa shape index (κ1) is 19.8. The van der Waals surface area contributed by atoms with E-state index in [-0.39, 0.29) is 17.5 Å². The summed E-state index contributed by atoms with van der Waals surface area (Å²) >= 11 is 0. The smallest absolute Gasteiger partial charge is 0.271 e. The average Bonchev–Trinajstić information content (AvgIpc) is 3.36. The highest BCUT2D eigenvalue weighted by molar-refractivity contribution is 7.91. The van der Waals surface area contributed by atoms with Crippen LogP contribution < -0.4 is 4.90 Å². The molecule has 9 heteroatoms. The van der Waals surface area contributed by atoms with Crippen molar-refractivity contribution in [3.8, 4) is 11.5 Å². The number of nitrogens with zero attached hydrogens (tertiary/aromatic N) is 4. The third kappa shape index (κ3) is 4.25. The minimum atomic E-state index is -2.94. The van der Waals surface area contributed by atoms with Gasteiger partial charge >= 0.3 is 0 Å². The molecule has 0 saturated carbocycles. The third-order valence-corrected chi connectivity index (χ3v) is 7.20. The van der Waals surface area contributed by atoms with Gasteiger partial charge in [0.1, 0.15) is 6.54 Å². The summed E-state index contributed by atoms with van der Waals surface area (Å²) in [7, 11) is -0.870. The minimum Gasteiger partial charge on any atom is -0.415 e. The maximum Gasteiger partial charge on any atom is 0.271 e. The Bertz CT molecular complexity index is 1100. The molecule has 0 aliphatic carbocycles. The first-order chi connectivity index (χ1) is 13.8. The number of benzene rings is 1. The van der Waals surface area contributed by atoms with E-state index >= 15 is 0 Å². The fourth-order valence-electron chi connectivity index (χ4n) is 3.92. The van der Waals surface area contributed by atoms with Gasteiger partial charge in [-0.25, -0.2) is 8.42 Å². The van der Waals surface area contributed by atoms with Crippen LogP contribution in [0.3, 0.4) is 0 Å². The lowest BCUT2D eigenvalue weighted by Crippen LogP contribution is -3.06. The second-order valence-corrected chi connectivity index (χ2v) is 10.1. The van der Waals surface area contributed by atoms with Crippen LogP contribution in [0.2, 0.25) is 0 Å². The number of aryl methyl sites for hydroxylation is 1. The lowest BCUT2D eigenvalue weighted by atomic mass is 10.1. The van der Waals surface area contributed by atoms with Gasteiger partial charge in [-0.2, -0.15) is 5.10 Å². The van der Waals surface area contributed by atoms with Crippen LogP contribution in [0.4, 0.5) is 0 Å². The summed E-state index contributed by atoms with van der Waals surface area (Å²) in [4.78, 5) is 1.19. The molecular formula is C20H26N5O3S+. The van der Waals surface area contributed by atoms with E-state index in [9.17, 15) is 8.42 Å². The molecule has 1 N–H and O–H groups in total. The van der Waals surface area contributed by atoms with Crippen molar-refractivity contribution in [3.05, 3.63) is 53.2 Å². The van der Waals surface area contributed by atoms with Crippen LogP contribution in [-0.4, -0.2) is 46.9 Å². The molecule has 0 amide bonds. The van der Waals surface area contributed by atoms with Gasteiger partial charge in [-0.05, 0) is 32.4 Å². The number of aromatic nitrogens is 4. The highest BCUT2D eigenvalue weighted by atomic mass is 32.2. The Hall–Kier alpha value is -2.52. The van der Waals surface area contributed by atoms with Crippen molar-refractivity contribution < 1.29 is 17.7 Å². The summed E-state index contributed by atoms with van der Waals surface area (Å²) in [6.45, 7) is 5.35. The van der Waals surface area contributed by atoms with Crippen molar-refractivity contribution in [1.82, 2.24) is 20.0 Å². The van der Waals surface area contributed by atoms with Gasteiger partial charge in [-0.1, -0.05) is 18.2 Å². The Labute approximate surface area is 170 Å². The van der Waals surface area contributed by atoms with Crippen molar-refractivity contribution in [2.45, 2.75) is 39.4 Å². The van der Waals surface area contributed by atoms with Crippen LogP contribution in [0, 0.1) is 13.8 Å². The molecule has 1 aliphatic rings. The highest BCUT2D eigenvalue weighted by Crippen LogP contribution is 2.26. The Balaban J connectivity index is 1.45. The number of quaternary nitrogens is 1. The van der Waals surface area contributed by atoms with Gasteiger partial charge in [-0.15, -0.1) is 10.2 Å². The topological polar surface area (TPSA) is 95.3 Å². The summed E-state index contributed by atoms with van der Waals surface area (Å²) in [5, 5.41) is 13.0. The number of hydrogen-bond acceptors (Lipinski definition) is 6. The molecule has 8 nitrogen and oxygen atoms in total. The number of hydrogen-bond donors (Lipinski definition) is 1. The molecule has 1 unspecified atom stereocenters. The van der Waals surface area contributed by atoms with Gasteiger partial charge in [0.2, 0.25) is 5.89 Å². The van der Waals surface area contributed by atoms with Gasteiger partial charge in [0.05, 0.1) is 35.9 Å². The predicted molar refractivity (Wildman–Crippen MR) is 108 cm³/mol. The molecule has 4 rings (SSSR count). The molecule has 154 valence electrons. The number of nitrogens with one attached hydrogen (secondary N) is 1. The van der Waals surface area contributed by atoms with Crippen LogP contribution in [0.25, 0.3) is 11.5 Å². The van der Waals surface area contributed by atoms with E-state index < -0.39 is 9.84 Å². The van der Waals surface area contributed by atoms with Crippen molar-refractivity contribution in [2.24, 2.45) is 0 Å². The minimum absolute atomic E-state index is 0.0582. The maximum atomic E-state index is 11.8. The first-order valence-corrected chi connectivity index (χ1v) is 11.6. The SMILES string of the molecule is Cc1nn([C@H]2CCS(=O)(=O)C2)c(C)c1C[NH+](C)Cc1nnc(-c2ccccc2)o1. The van der Waals surface area contributed by atoms with Crippen LogP contribution in [-0.2, 0) is 22.9 Å². The van der Waals surface area contributed by atoms with Gasteiger partial charge in [0.25, 0.3) is 5.89 Å². The van der Waals surface area contributed by atoms with E-state index in [1.54, 1.807) is 0 Å². The van der Waals surface area contributed by atoms with E-state index in [1.165, 1.54) is 4.90 Å². The lowest BCUT2D eigenvalue weighted by molar-refractivity contribution is -0.909. The molecule has 0 bridgehead atoms. The quantitative estimate of drug-likeness (QED) is 0.647. The van der Waals surface area contributed by atoms with Gasteiger partial charge < -0.3 is 9.32 Å². The molecule has 3 heterocycles. The molecule has 1 aliphatic heterocycles. The average molecular weight is 417 g/mol. The third-order valence-electron chi connectivity index (χ3n) is 5.45. The van der Waals surface area contributed by atoms with E-state index in [0.29, 0.717) is 24.7 Å². The molecule has 0 spiro atoms. The van der Waals surface area contributed by atoms with Gasteiger partial charge in [0, 0.05) is 11.3 Å². The summed E-state index contributed by atoms with van der Waals surface area (Å²) in [5.41, 5.74) is 4.04. The van der Waals surface area contributed by atoms with E-state index in [4.69, 9.17) is 4.42 Å². The molecule has 2 atom stereocenters. The van der Waals surface area contributed by atoms with Crippen molar-refractivity contribution in [1.29, 1.82) is 0 Å². The fourth-order valence-corrected chi connectivity index (χ4v) is 5.61. The van der Waals surface area contributed by atoms with Crippen LogP contribution >= 0.6 is 0 Å². The zero-order valence-electron chi connectivity index (χ0n) is 16.9. The highest BCUT2D eigenvalue weighted by Gasteiger charge is 2.32. The van der Waals surface area contributed by atoms with E-state index in [0.717, 1.165) is 29.1 Å². The largest absolute Gasteiger partial charge is 0.415 e. The Morgan fingerprint density at radius 2 is 1.93 bits per heavy atom. The maximum absolute atomic E-state index is 11.8. The number of rotatable bonds is 6. The Kier molecular flexibility index (Phi) is 5.26. The summed E-state index contributed by atoms with van der Waals surface area (Å²) < 4.78 is 31.4. The standard InChI is InChI=1S/C20H25N5O3S/c1-14-18(15(2)25(23-14)17-9-10-29(26,27)13-17)11-24(3)12-19-21-22-20(28-19)16-7-5-4-6-8-16/h4-8,17H,9-13H2,1-3H3/p+1/t17-/m0/s1. The monoisotopic (exact) mass is 416 g/mol. The van der Waals surface area contributed by atoms with Gasteiger partial charge in [-0.3, -0.25) is 4.68 Å². The molecule has 3 aromatic rings. The summed E-state index contributed by atoms with van der Waals surface area (Å²) in [6, 6.07) is 9.66. The molecular weight excluding hydrogens is 390 g/mol. The van der Waals surface area contributed by atoms with E-state index in [2.05, 4.69) is 22.3 Å². The van der Waals surface area contributed by atoms with Crippen molar-refractivity contribution >= 4 is 9.84 Å². The van der Waals surface area contributed by atoms with Crippen LogP contribution in [0.1, 0.15) is 35.3 Å². The molecule has 1 saturated heterocycles. The zero-order valence-corrected chi connectivity index (χ0v) is 17.7.